The van der Waals surface area contributed by atoms with Crippen LogP contribution in [-0.4, -0.2) is 164 Å². The Kier molecular flexibility index (Phi) is 17.1. The maximum Gasteiger partial charge on any atom is 1.00 e. The first-order valence-corrected chi connectivity index (χ1v) is 24.5. The van der Waals surface area contributed by atoms with Crippen molar-refractivity contribution in [3.63, 3.8) is 0 Å². The summed E-state index contributed by atoms with van der Waals surface area (Å²) < 4.78 is 77.0. The SMILES string of the molecule is C=C(CC[C@](C)(O)[C@H]1CC[C@H]2[C@@H]3C[C@H](O[C@@H]4O[C@H](C)[C@@H](O)[C@H](O[C@@H]5OC[C@@H](O)[C@H](O)[C@H]5O[C@@H]5O[C@H](C)[C@@H](O)[C@H](O)[C@H]5O)[C@H]4O)[C@H]4C[C@@H](OS(=O)(=O)[O-])CC[C@]4(C)C3=CC[C@@]21C)C(C)C.[Na+]. The molecule has 8 N–H and O–H groups in total. The normalized spacial score (nSPS) is 48.8. The van der Waals surface area contributed by atoms with E-state index >= 15 is 0 Å². The maximum absolute atomic E-state index is 12.1. The molecule has 0 spiro atoms. The minimum atomic E-state index is -5.03. The Morgan fingerprint density at radius 1 is 0.862 bits per heavy atom. The third-order valence-corrected chi connectivity index (χ3v) is 17.2. The summed E-state index contributed by atoms with van der Waals surface area (Å²) in [6.45, 7) is 17.4. The second kappa shape index (κ2) is 20.5. The molecule has 4 aliphatic carbocycles. The maximum atomic E-state index is 12.1. The molecule has 23 atom stereocenters. The summed E-state index contributed by atoms with van der Waals surface area (Å²) in [7, 11) is -5.03. The Morgan fingerprint density at radius 2 is 1.49 bits per heavy atom. The van der Waals surface area contributed by atoms with Gasteiger partial charge in [-0.25, -0.2) is 8.42 Å². The molecule has 7 aliphatic rings. The molecule has 0 aromatic carbocycles. The number of ether oxygens (including phenoxy) is 6. The van der Waals surface area contributed by atoms with E-state index in [-0.39, 0.29) is 59.1 Å². The Labute approximate surface area is 405 Å². The van der Waals surface area contributed by atoms with Gasteiger partial charge >= 0.3 is 29.6 Å². The first-order valence-electron chi connectivity index (χ1n) is 23.2. The number of aliphatic hydroxyl groups excluding tert-OH is 7. The molecule has 0 amide bonds. The van der Waals surface area contributed by atoms with Crippen LogP contribution in [0.25, 0.3) is 0 Å². The quantitative estimate of drug-likeness (QED) is 0.0442. The molecule has 18 nitrogen and oxygen atoms in total. The van der Waals surface area contributed by atoms with Gasteiger partial charge in [0.25, 0.3) is 0 Å². The Hall–Kier alpha value is -0.210. The molecule has 7 rings (SSSR count). The molecule has 3 aliphatic heterocycles. The van der Waals surface area contributed by atoms with Crippen molar-refractivity contribution in [3.8, 4) is 0 Å². The first kappa shape index (κ1) is 54.1. The third-order valence-electron chi connectivity index (χ3n) is 16.7. The summed E-state index contributed by atoms with van der Waals surface area (Å²) in [5, 5.41) is 88.5. The summed E-state index contributed by atoms with van der Waals surface area (Å²) in [5.74, 6) is 0.0754. The van der Waals surface area contributed by atoms with Crippen molar-refractivity contribution in [1.82, 2.24) is 0 Å². The van der Waals surface area contributed by atoms with Gasteiger partial charge < -0.3 is 73.8 Å². The molecule has 3 heterocycles. The second-order valence-corrected chi connectivity index (χ2v) is 22.1. The van der Waals surface area contributed by atoms with E-state index in [0.717, 1.165) is 31.3 Å². The van der Waals surface area contributed by atoms with E-state index in [1.54, 1.807) is 6.92 Å². The van der Waals surface area contributed by atoms with Crippen LogP contribution in [-0.2, 0) is 43.0 Å². The summed E-state index contributed by atoms with van der Waals surface area (Å²) >= 11 is 0. The van der Waals surface area contributed by atoms with Gasteiger partial charge in [-0.1, -0.05) is 51.5 Å². The standard InChI is InChI=1S/C45H74O18S.Na/c1-20(2)21(3)11-16-45(8,53)31-10-9-26-25-18-30(28-17-24(63-64(54,55)56)12-14-43(28,6)27(25)13-15-44(26,31)7)60-41-37(52)38(33(48)23(5)59-41)61-42-39(34(49)29(46)19-57-42)62-40-36(51)35(50)32(47)22(4)58-40;/h13,20,22-26,28-42,46-53H,3,9-12,14-19H2,1-2,4-8H3,(H,54,55,56);/q;+1/p-1/t22-,23-,24+,25+,26+,28-,29-,30+,31+,32-,33-,34+,35+,36-,37-,38+,39-,40+,41+,42+,43-,44+,45+;/m1./s1. The second-order valence-electron chi connectivity index (χ2n) is 21.1. The minimum Gasteiger partial charge on any atom is -0.726 e. The fourth-order valence-electron chi connectivity index (χ4n) is 12.7. The smallest absolute Gasteiger partial charge is 0.726 e. The van der Waals surface area contributed by atoms with E-state index in [1.165, 1.54) is 12.5 Å². The molecule has 20 heteroatoms. The Bertz CT molecular complexity index is 1800. The zero-order chi connectivity index (χ0) is 47.0. The van der Waals surface area contributed by atoms with Crippen LogP contribution in [0.4, 0.5) is 0 Å². The molecule has 368 valence electrons. The molecule has 3 saturated carbocycles. The van der Waals surface area contributed by atoms with Gasteiger partial charge in [-0.2, -0.15) is 0 Å². The van der Waals surface area contributed by atoms with E-state index in [2.05, 4.69) is 40.3 Å². The van der Waals surface area contributed by atoms with E-state index in [9.17, 15) is 53.8 Å². The van der Waals surface area contributed by atoms with Crippen LogP contribution in [0.2, 0.25) is 0 Å². The molecule has 0 aromatic heterocycles. The van der Waals surface area contributed by atoms with E-state index < -0.39 is 132 Å². The van der Waals surface area contributed by atoms with Crippen molar-refractivity contribution in [2.24, 2.45) is 40.4 Å². The van der Waals surface area contributed by atoms with Crippen LogP contribution < -0.4 is 29.6 Å². The fraction of sp³-hybridized carbons (Fsp3) is 0.911. The summed E-state index contributed by atoms with van der Waals surface area (Å²) in [6.07, 6.45) is -15.0. The van der Waals surface area contributed by atoms with E-state index in [1.807, 2.05) is 6.92 Å². The Balaban J connectivity index is 0.00000700. The van der Waals surface area contributed by atoms with Crippen molar-refractivity contribution in [3.05, 3.63) is 23.8 Å². The van der Waals surface area contributed by atoms with E-state index in [4.69, 9.17) is 32.6 Å². The van der Waals surface area contributed by atoms with Crippen molar-refractivity contribution < 1.29 is 116 Å². The van der Waals surface area contributed by atoms with Crippen LogP contribution in [0.15, 0.2) is 23.8 Å². The molecule has 0 bridgehead atoms. The molecule has 0 unspecified atom stereocenters. The largest absolute Gasteiger partial charge is 1.00 e. The van der Waals surface area contributed by atoms with Crippen molar-refractivity contribution in [2.75, 3.05) is 6.61 Å². The summed E-state index contributed by atoms with van der Waals surface area (Å²) in [5.41, 5.74) is 0.620. The molecule has 3 saturated heterocycles. The van der Waals surface area contributed by atoms with Gasteiger partial charge in [0.1, 0.15) is 54.9 Å². The summed E-state index contributed by atoms with van der Waals surface area (Å²) in [4.78, 5) is 0. The summed E-state index contributed by atoms with van der Waals surface area (Å²) in [6, 6.07) is 0. The topological polar surface area (TPSA) is 284 Å². The zero-order valence-electron chi connectivity index (χ0n) is 39.0. The number of fused-ring (bicyclic) bond motifs is 5. The number of rotatable bonds is 13. The fourth-order valence-corrected chi connectivity index (χ4v) is 13.2. The van der Waals surface area contributed by atoms with Crippen molar-refractivity contribution in [2.45, 2.75) is 210 Å². The van der Waals surface area contributed by atoms with Gasteiger partial charge in [-0.15, -0.1) is 0 Å². The van der Waals surface area contributed by atoms with Gasteiger partial charge in [0, 0.05) is 0 Å². The van der Waals surface area contributed by atoms with Crippen LogP contribution in [0.3, 0.4) is 0 Å². The zero-order valence-corrected chi connectivity index (χ0v) is 41.9. The number of aliphatic hydroxyl groups is 8. The number of hydrogen-bond donors (Lipinski definition) is 8. The molecular weight excluding hydrogens is 884 g/mol. The molecule has 6 fully saturated rings. The van der Waals surface area contributed by atoms with Crippen molar-refractivity contribution >= 4 is 10.4 Å². The van der Waals surface area contributed by atoms with Crippen molar-refractivity contribution in [1.29, 1.82) is 0 Å². The average molecular weight is 957 g/mol. The molecule has 0 radical (unpaired) electrons. The Morgan fingerprint density at radius 3 is 2.14 bits per heavy atom. The van der Waals surface area contributed by atoms with Gasteiger partial charge in [-0.3, -0.25) is 4.18 Å². The van der Waals surface area contributed by atoms with Crippen LogP contribution in [0, 0.1) is 40.4 Å². The number of hydrogen-bond acceptors (Lipinski definition) is 18. The van der Waals surface area contributed by atoms with Gasteiger partial charge in [0.15, 0.2) is 18.9 Å². The van der Waals surface area contributed by atoms with Crippen LogP contribution in [0.5, 0.6) is 0 Å². The van der Waals surface area contributed by atoms with Gasteiger partial charge in [0.2, 0.25) is 10.4 Å². The predicted molar refractivity (Wildman–Crippen MR) is 224 cm³/mol. The minimum absolute atomic E-state index is 0. The molecule has 0 aromatic rings. The third kappa shape index (κ3) is 10.7. The first-order chi connectivity index (χ1) is 29.8. The predicted octanol–water partition coefficient (Wildman–Crippen LogP) is -1.70. The van der Waals surface area contributed by atoms with Gasteiger partial charge in [-0.05, 0) is 119 Å². The molecular formula is C45H73NaO18S. The monoisotopic (exact) mass is 956 g/mol. The van der Waals surface area contributed by atoms with Crippen LogP contribution in [0.1, 0.15) is 106 Å². The van der Waals surface area contributed by atoms with E-state index in [0.29, 0.717) is 31.6 Å². The van der Waals surface area contributed by atoms with Gasteiger partial charge in [0.05, 0.1) is 36.6 Å². The number of allylic oxidation sites excluding steroid dienone is 3. The van der Waals surface area contributed by atoms with Crippen LogP contribution >= 0.6 is 0 Å². The average Bonchev–Trinajstić information content (AvgIpc) is 3.59. The molecule has 65 heavy (non-hydrogen) atoms.